The molecule has 0 aromatic heterocycles. The van der Waals surface area contributed by atoms with E-state index < -0.39 is 0 Å². The minimum absolute atomic E-state index is 0.0750. The molecule has 3 nitrogen and oxygen atoms in total. The summed E-state index contributed by atoms with van der Waals surface area (Å²) in [6.45, 7) is 13.4. The van der Waals surface area contributed by atoms with Crippen LogP contribution in [0.2, 0.25) is 0 Å². The highest BCUT2D eigenvalue weighted by Gasteiger charge is 2.19. The second-order valence-electron chi connectivity index (χ2n) is 8.00. The second kappa shape index (κ2) is 8.01. The molecule has 1 aromatic rings. The fourth-order valence-corrected chi connectivity index (χ4v) is 2.93. The van der Waals surface area contributed by atoms with E-state index >= 15 is 0 Å². The summed E-state index contributed by atoms with van der Waals surface area (Å²) < 4.78 is 0. The molecule has 0 saturated heterocycles. The van der Waals surface area contributed by atoms with Crippen molar-refractivity contribution in [3.8, 4) is 0 Å². The molecule has 136 valence electrons. The van der Waals surface area contributed by atoms with Gasteiger partial charge in [0, 0.05) is 5.92 Å². The Labute approximate surface area is 153 Å². The SMILES string of the molecule is CCC1C=CC=C/C1=N/N(N)c1cc(C(C)CC)cc(C(C)(C)C)c1. The number of hydrazine groups is 1. The molecular formula is C22H33N3. The van der Waals surface area contributed by atoms with Crippen molar-refractivity contribution in [2.24, 2.45) is 16.9 Å². The van der Waals surface area contributed by atoms with Gasteiger partial charge < -0.3 is 0 Å². The van der Waals surface area contributed by atoms with Gasteiger partial charge in [-0.05, 0) is 53.5 Å². The van der Waals surface area contributed by atoms with E-state index in [1.54, 1.807) is 5.12 Å². The lowest BCUT2D eigenvalue weighted by atomic mass is 9.84. The standard InChI is InChI=1S/C22H33N3/c1-7-16(3)18-13-19(22(4,5)6)15-20(14-18)25(23)24-21-12-10-9-11-17(21)8-2/h9-17H,7-8,23H2,1-6H3/b24-21-. The summed E-state index contributed by atoms with van der Waals surface area (Å²) in [5.74, 6) is 7.19. The Morgan fingerprint density at radius 2 is 1.88 bits per heavy atom. The minimum atomic E-state index is 0.0750. The van der Waals surface area contributed by atoms with E-state index in [-0.39, 0.29) is 5.41 Å². The first kappa shape index (κ1) is 19.5. The van der Waals surface area contributed by atoms with Gasteiger partial charge in [-0.3, -0.25) is 0 Å². The van der Waals surface area contributed by atoms with Crippen LogP contribution in [0.3, 0.4) is 0 Å². The van der Waals surface area contributed by atoms with Crippen molar-refractivity contribution >= 4 is 11.4 Å². The summed E-state index contributed by atoms with van der Waals surface area (Å²) in [4.78, 5) is 0. The highest BCUT2D eigenvalue weighted by Crippen LogP contribution is 2.31. The number of benzene rings is 1. The smallest absolute Gasteiger partial charge is 0.0782 e. The zero-order chi connectivity index (χ0) is 18.6. The average Bonchev–Trinajstić information content (AvgIpc) is 2.60. The molecule has 2 unspecified atom stereocenters. The predicted molar refractivity (Wildman–Crippen MR) is 110 cm³/mol. The number of anilines is 1. The van der Waals surface area contributed by atoms with E-state index in [0.717, 1.165) is 24.2 Å². The van der Waals surface area contributed by atoms with Crippen molar-refractivity contribution in [3.63, 3.8) is 0 Å². The molecule has 2 rings (SSSR count). The van der Waals surface area contributed by atoms with E-state index in [1.165, 1.54) is 11.1 Å². The summed E-state index contributed by atoms with van der Waals surface area (Å²) in [6, 6.07) is 6.66. The van der Waals surface area contributed by atoms with Crippen molar-refractivity contribution in [1.29, 1.82) is 0 Å². The van der Waals surface area contributed by atoms with Crippen molar-refractivity contribution in [3.05, 3.63) is 53.6 Å². The first-order valence-corrected chi connectivity index (χ1v) is 9.39. The van der Waals surface area contributed by atoms with Crippen molar-refractivity contribution < 1.29 is 0 Å². The minimum Gasteiger partial charge on any atom is -0.226 e. The zero-order valence-corrected chi connectivity index (χ0v) is 16.6. The van der Waals surface area contributed by atoms with Crippen LogP contribution in [0, 0.1) is 5.92 Å². The van der Waals surface area contributed by atoms with Crippen LogP contribution in [0.5, 0.6) is 0 Å². The Morgan fingerprint density at radius 1 is 1.16 bits per heavy atom. The fourth-order valence-electron chi connectivity index (χ4n) is 2.93. The highest BCUT2D eigenvalue weighted by atomic mass is 15.6. The summed E-state index contributed by atoms with van der Waals surface area (Å²) in [5, 5.41) is 6.24. The summed E-state index contributed by atoms with van der Waals surface area (Å²) in [6.07, 6.45) is 10.5. The highest BCUT2D eigenvalue weighted by molar-refractivity contribution is 5.99. The molecule has 0 spiro atoms. The third-order valence-electron chi connectivity index (χ3n) is 5.02. The topological polar surface area (TPSA) is 41.6 Å². The zero-order valence-electron chi connectivity index (χ0n) is 16.6. The van der Waals surface area contributed by atoms with Gasteiger partial charge in [-0.2, -0.15) is 10.2 Å². The number of hydrogen-bond donors (Lipinski definition) is 1. The number of hydrogen-bond acceptors (Lipinski definition) is 3. The molecule has 2 N–H and O–H groups in total. The molecule has 2 atom stereocenters. The van der Waals surface area contributed by atoms with Crippen LogP contribution in [0.25, 0.3) is 0 Å². The Hall–Kier alpha value is -1.87. The van der Waals surface area contributed by atoms with Crippen molar-refractivity contribution in [2.75, 3.05) is 5.12 Å². The largest absolute Gasteiger partial charge is 0.226 e. The van der Waals surface area contributed by atoms with Crippen LogP contribution in [-0.4, -0.2) is 5.71 Å². The van der Waals surface area contributed by atoms with Crippen LogP contribution < -0.4 is 11.0 Å². The number of allylic oxidation sites excluding steroid dienone is 4. The Bertz CT molecular complexity index is 677. The molecule has 0 fully saturated rings. The first-order chi connectivity index (χ1) is 11.8. The Kier molecular flexibility index (Phi) is 6.23. The molecule has 0 radical (unpaired) electrons. The lowest BCUT2D eigenvalue weighted by molar-refractivity contribution is 0.587. The lowest BCUT2D eigenvalue weighted by Gasteiger charge is -2.25. The van der Waals surface area contributed by atoms with Crippen LogP contribution >= 0.6 is 0 Å². The van der Waals surface area contributed by atoms with E-state index in [2.05, 4.69) is 78.0 Å². The predicted octanol–water partition coefficient (Wildman–Crippen LogP) is 5.69. The monoisotopic (exact) mass is 339 g/mol. The summed E-state index contributed by atoms with van der Waals surface area (Å²) >= 11 is 0. The van der Waals surface area contributed by atoms with Crippen molar-refractivity contribution in [1.82, 2.24) is 0 Å². The van der Waals surface area contributed by atoms with Gasteiger partial charge in [-0.15, -0.1) is 0 Å². The molecule has 0 aliphatic heterocycles. The number of hydrazone groups is 1. The van der Waals surface area contributed by atoms with E-state index in [4.69, 9.17) is 10.9 Å². The second-order valence-corrected chi connectivity index (χ2v) is 8.00. The Balaban J connectivity index is 2.43. The fraction of sp³-hybridized carbons (Fsp3) is 0.500. The Morgan fingerprint density at radius 3 is 2.48 bits per heavy atom. The molecule has 1 aromatic carbocycles. The molecule has 0 amide bonds. The van der Waals surface area contributed by atoms with Gasteiger partial charge in [0.2, 0.25) is 0 Å². The molecule has 3 heteroatoms. The van der Waals surface area contributed by atoms with Gasteiger partial charge >= 0.3 is 0 Å². The maximum absolute atomic E-state index is 6.35. The van der Waals surface area contributed by atoms with E-state index in [0.29, 0.717) is 11.8 Å². The third kappa shape index (κ3) is 4.82. The summed E-state index contributed by atoms with van der Waals surface area (Å²) in [5.41, 5.74) is 4.66. The lowest BCUT2D eigenvalue weighted by Crippen LogP contribution is -2.28. The number of nitrogens with two attached hydrogens (primary N) is 1. The van der Waals surface area contributed by atoms with Crippen LogP contribution in [-0.2, 0) is 5.41 Å². The summed E-state index contributed by atoms with van der Waals surface area (Å²) in [7, 11) is 0. The molecule has 0 heterocycles. The van der Waals surface area contributed by atoms with Gasteiger partial charge in [-0.1, -0.05) is 65.8 Å². The van der Waals surface area contributed by atoms with Gasteiger partial charge in [0.1, 0.15) is 0 Å². The average molecular weight is 340 g/mol. The first-order valence-electron chi connectivity index (χ1n) is 9.39. The molecule has 0 bridgehead atoms. The van der Waals surface area contributed by atoms with Crippen LogP contribution in [0.15, 0.2) is 47.6 Å². The van der Waals surface area contributed by atoms with Gasteiger partial charge in [-0.25, -0.2) is 5.84 Å². The maximum atomic E-state index is 6.35. The number of nitrogens with zero attached hydrogens (tertiary/aromatic N) is 2. The molecule has 1 aliphatic rings. The molecule has 1 aliphatic carbocycles. The van der Waals surface area contributed by atoms with Gasteiger partial charge in [0.15, 0.2) is 0 Å². The van der Waals surface area contributed by atoms with E-state index in [1.807, 2.05) is 6.08 Å². The molecular weight excluding hydrogens is 306 g/mol. The van der Waals surface area contributed by atoms with Crippen molar-refractivity contribution in [2.45, 2.75) is 65.7 Å². The van der Waals surface area contributed by atoms with Gasteiger partial charge in [0.25, 0.3) is 0 Å². The quantitative estimate of drug-likeness (QED) is 0.553. The van der Waals surface area contributed by atoms with E-state index in [9.17, 15) is 0 Å². The van der Waals surface area contributed by atoms with Gasteiger partial charge in [0.05, 0.1) is 11.4 Å². The maximum Gasteiger partial charge on any atom is 0.0782 e. The third-order valence-corrected chi connectivity index (χ3v) is 5.02. The molecule has 25 heavy (non-hydrogen) atoms. The normalized spacial score (nSPS) is 20.1. The molecule has 0 saturated carbocycles. The number of rotatable bonds is 5. The van der Waals surface area contributed by atoms with Crippen LogP contribution in [0.4, 0.5) is 5.69 Å². The van der Waals surface area contributed by atoms with Crippen LogP contribution in [0.1, 0.15) is 71.4 Å².